The van der Waals surface area contributed by atoms with Gasteiger partial charge in [0.25, 0.3) is 0 Å². The Morgan fingerprint density at radius 3 is 2.81 bits per heavy atom. The number of benzene rings is 2. The molecule has 1 atom stereocenters. The van der Waals surface area contributed by atoms with Crippen molar-refractivity contribution >= 4 is 22.2 Å². The number of nitrogens with one attached hydrogen (secondary N) is 1. The molecule has 2 aromatic heterocycles. The SMILES string of the molecule is C[C@H](c1cccc(-c2cccs2)c1)N(C)Cc1c[nH]c2cc(F)ccc12. The Morgan fingerprint density at radius 2 is 2.00 bits per heavy atom. The van der Waals surface area contributed by atoms with E-state index in [1.165, 1.54) is 27.6 Å². The third-order valence-electron chi connectivity index (χ3n) is 4.99. The van der Waals surface area contributed by atoms with Gasteiger partial charge in [-0.25, -0.2) is 4.39 Å². The van der Waals surface area contributed by atoms with Crippen LogP contribution in [0.5, 0.6) is 0 Å². The molecule has 1 N–H and O–H groups in total. The van der Waals surface area contributed by atoms with Gasteiger partial charge in [0.1, 0.15) is 5.82 Å². The summed E-state index contributed by atoms with van der Waals surface area (Å²) in [5.74, 6) is -0.210. The van der Waals surface area contributed by atoms with Gasteiger partial charge in [-0.05, 0) is 66.4 Å². The topological polar surface area (TPSA) is 19.0 Å². The zero-order chi connectivity index (χ0) is 18.1. The Kier molecular flexibility index (Phi) is 4.62. The molecule has 132 valence electrons. The highest BCUT2D eigenvalue weighted by atomic mass is 32.1. The van der Waals surface area contributed by atoms with Crippen molar-refractivity contribution in [1.82, 2.24) is 9.88 Å². The molecule has 0 unspecified atom stereocenters. The molecule has 0 radical (unpaired) electrons. The zero-order valence-corrected chi connectivity index (χ0v) is 15.7. The molecule has 0 aliphatic carbocycles. The third-order valence-corrected chi connectivity index (χ3v) is 5.90. The molecule has 0 spiro atoms. The maximum atomic E-state index is 13.4. The zero-order valence-electron chi connectivity index (χ0n) is 14.9. The molecule has 0 fully saturated rings. The van der Waals surface area contributed by atoms with Crippen molar-refractivity contribution < 1.29 is 4.39 Å². The number of rotatable bonds is 5. The summed E-state index contributed by atoms with van der Waals surface area (Å²) in [6.07, 6.45) is 1.98. The molecule has 0 saturated heterocycles. The second kappa shape index (κ2) is 7.06. The van der Waals surface area contributed by atoms with Crippen molar-refractivity contribution in [3.63, 3.8) is 0 Å². The van der Waals surface area contributed by atoms with E-state index < -0.39 is 0 Å². The maximum Gasteiger partial charge on any atom is 0.125 e. The summed E-state index contributed by atoms with van der Waals surface area (Å²) in [7, 11) is 2.13. The number of aromatic nitrogens is 1. The van der Waals surface area contributed by atoms with Crippen molar-refractivity contribution in [2.75, 3.05) is 7.05 Å². The summed E-state index contributed by atoms with van der Waals surface area (Å²) >= 11 is 1.76. The summed E-state index contributed by atoms with van der Waals surface area (Å²) in [5.41, 5.74) is 4.59. The van der Waals surface area contributed by atoms with Gasteiger partial charge < -0.3 is 4.98 Å². The fraction of sp³-hybridized carbons (Fsp3) is 0.182. The van der Waals surface area contributed by atoms with Crippen LogP contribution in [0.4, 0.5) is 4.39 Å². The Labute approximate surface area is 156 Å². The minimum atomic E-state index is -0.210. The predicted octanol–water partition coefficient (Wildman–Crippen LogP) is 6.23. The summed E-state index contributed by atoms with van der Waals surface area (Å²) in [6, 6.07) is 18.2. The number of aromatic amines is 1. The Hall–Kier alpha value is -2.43. The average Bonchev–Trinajstić information content (AvgIpc) is 3.31. The van der Waals surface area contributed by atoms with Crippen molar-refractivity contribution in [3.05, 3.63) is 83.1 Å². The molecular formula is C22H21FN2S. The summed E-state index contributed by atoms with van der Waals surface area (Å²) in [4.78, 5) is 6.79. The van der Waals surface area contributed by atoms with Crippen LogP contribution >= 0.6 is 11.3 Å². The number of halogens is 1. The lowest BCUT2D eigenvalue weighted by atomic mass is 10.0. The first kappa shape index (κ1) is 17.0. The van der Waals surface area contributed by atoms with Crippen LogP contribution in [-0.4, -0.2) is 16.9 Å². The van der Waals surface area contributed by atoms with Crippen LogP contribution in [-0.2, 0) is 6.54 Å². The first-order valence-electron chi connectivity index (χ1n) is 8.71. The molecule has 0 amide bonds. The fourth-order valence-corrected chi connectivity index (χ4v) is 4.07. The van der Waals surface area contributed by atoms with Gasteiger partial charge in [0.15, 0.2) is 0 Å². The Bertz CT molecular complexity index is 1020. The van der Waals surface area contributed by atoms with Gasteiger partial charge in [-0.1, -0.05) is 24.3 Å². The van der Waals surface area contributed by atoms with E-state index in [0.29, 0.717) is 0 Å². The normalized spacial score (nSPS) is 12.8. The van der Waals surface area contributed by atoms with Gasteiger partial charge in [-0.15, -0.1) is 11.3 Å². The van der Waals surface area contributed by atoms with Gasteiger partial charge in [0.2, 0.25) is 0 Å². The molecule has 26 heavy (non-hydrogen) atoms. The number of H-pyrrole nitrogens is 1. The van der Waals surface area contributed by atoms with Crippen LogP contribution in [0.3, 0.4) is 0 Å². The second-order valence-corrected chi connectivity index (χ2v) is 7.65. The third kappa shape index (κ3) is 3.30. The molecule has 2 nitrogen and oxygen atoms in total. The number of nitrogens with zero attached hydrogens (tertiary/aromatic N) is 1. The fourth-order valence-electron chi connectivity index (χ4n) is 3.34. The smallest absolute Gasteiger partial charge is 0.125 e. The Balaban J connectivity index is 1.56. The van der Waals surface area contributed by atoms with E-state index in [1.807, 2.05) is 12.3 Å². The number of hydrogen-bond donors (Lipinski definition) is 1. The quantitative estimate of drug-likeness (QED) is 0.445. The molecule has 0 aliphatic heterocycles. The van der Waals surface area contributed by atoms with Crippen LogP contribution in [0.15, 0.2) is 66.2 Å². The van der Waals surface area contributed by atoms with E-state index in [2.05, 4.69) is 65.6 Å². The molecule has 2 aromatic carbocycles. The van der Waals surface area contributed by atoms with Crippen LogP contribution in [0.2, 0.25) is 0 Å². The van der Waals surface area contributed by atoms with Crippen LogP contribution in [0.1, 0.15) is 24.1 Å². The van der Waals surface area contributed by atoms with Crippen molar-refractivity contribution in [2.24, 2.45) is 0 Å². The van der Waals surface area contributed by atoms with Gasteiger partial charge >= 0.3 is 0 Å². The molecule has 4 rings (SSSR count). The van der Waals surface area contributed by atoms with E-state index >= 15 is 0 Å². The summed E-state index contributed by atoms with van der Waals surface area (Å²) in [5, 5.41) is 3.19. The molecule has 0 saturated carbocycles. The highest BCUT2D eigenvalue weighted by molar-refractivity contribution is 7.13. The molecular weight excluding hydrogens is 343 g/mol. The molecule has 4 aromatic rings. The van der Waals surface area contributed by atoms with Crippen molar-refractivity contribution in [1.29, 1.82) is 0 Å². The van der Waals surface area contributed by atoms with Gasteiger partial charge in [-0.2, -0.15) is 0 Å². The van der Waals surface area contributed by atoms with E-state index in [1.54, 1.807) is 17.4 Å². The molecule has 0 bridgehead atoms. The van der Waals surface area contributed by atoms with E-state index in [-0.39, 0.29) is 11.9 Å². The highest BCUT2D eigenvalue weighted by Crippen LogP contribution is 2.30. The lowest BCUT2D eigenvalue weighted by Crippen LogP contribution is -2.21. The average molecular weight is 364 g/mol. The minimum absolute atomic E-state index is 0.210. The lowest BCUT2D eigenvalue weighted by Gasteiger charge is -2.25. The molecule has 2 heterocycles. The first-order valence-corrected chi connectivity index (χ1v) is 9.59. The maximum absolute atomic E-state index is 13.4. The van der Waals surface area contributed by atoms with Crippen LogP contribution < -0.4 is 0 Å². The monoisotopic (exact) mass is 364 g/mol. The predicted molar refractivity (Wildman–Crippen MR) is 108 cm³/mol. The van der Waals surface area contributed by atoms with Crippen LogP contribution in [0.25, 0.3) is 21.3 Å². The summed E-state index contributed by atoms with van der Waals surface area (Å²) in [6.45, 7) is 3.03. The second-order valence-electron chi connectivity index (χ2n) is 6.70. The van der Waals surface area contributed by atoms with E-state index in [4.69, 9.17) is 0 Å². The standard InChI is InChI=1S/C22H21FN2S/c1-15(16-5-3-6-17(11-16)22-7-4-10-26-22)25(2)14-18-13-24-21-12-19(23)8-9-20(18)21/h3-13,15,24H,14H2,1-2H3/t15-/m1/s1. The largest absolute Gasteiger partial charge is 0.361 e. The van der Waals surface area contributed by atoms with E-state index in [0.717, 1.165) is 17.4 Å². The van der Waals surface area contributed by atoms with E-state index in [9.17, 15) is 4.39 Å². The number of thiophene rings is 1. The lowest BCUT2D eigenvalue weighted by molar-refractivity contribution is 0.254. The van der Waals surface area contributed by atoms with Gasteiger partial charge in [0.05, 0.1) is 0 Å². The number of hydrogen-bond acceptors (Lipinski definition) is 2. The van der Waals surface area contributed by atoms with Crippen molar-refractivity contribution in [3.8, 4) is 10.4 Å². The number of fused-ring (bicyclic) bond motifs is 1. The minimum Gasteiger partial charge on any atom is -0.361 e. The molecule has 0 aliphatic rings. The molecule has 4 heteroatoms. The summed E-state index contributed by atoms with van der Waals surface area (Å²) < 4.78 is 13.4. The van der Waals surface area contributed by atoms with Crippen molar-refractivity contribution in [2.45, 2.75) is 19.5 Å². The van der Waals surface area contributed by atoms with Gasteiger partial charge in [0, 0.05) is 34.6 Å². The van der Waals surface area contributed by atoms with Crippen LogP contribution in [0, 0.1) is 5.82 Å². The highest BCUT2D eigenvalue weighted by Gasteiger charge is 2.15. The first-order chi connectivity index (χ1) is 12.6. The Morgan fingerprint density at radius 1 is 1.12 bits per heavy atom. The van der Waals surface area contributed by atoms with Gasteiger partial charge in [-0.3, -0.25) is 4.90 Å².